The minimum atomic E-state index is -4.12. The molecule has 0 aliphatic heterocycles. The molecule has 0 fully saturated rings. The van der Waals surface area contributed by atoms with Gasteiger partial charge in [0.1, 0.15) is 5.82 Å². The van der Waals surface area contributed by atoms with E-state index in [2.05, 4.69) is 14.9 Å². The number of aromatic amines is 1. The first-order valence-electron chi connectivity index (χ1n) is 6.09. The molecular formula is C11H15N5O4S. The quantitative estimate of drug-likeness (QED) is 0.763. The molecule has 2 aromatic rings. The SMILES string of the molecule is CCc1cn[nH]c1NS(=O)(=O)c1cn(C)c(=O)n(C)c1=O. The van der Waals surface area contributed by atoms with Crippen molar-refractivity contribution in [3.8, 4) is 0 Å². The van der Waals surface area contributed by atoms with Gasteiger partial charge in [0.2, 0.25) is 0 Å². The van der Waals surface area contributed by atoms with E-state index in [4.69, 9.17) is 0 Å². The Hall–Kier alpha value is -2.36. The molecule has 9 nitrogen and oxygen atoms in total. The van der Waals surface area contributed by atoms with Crippen LogP contribution in [0.1, 0.15) is 12.5 Å². The number of anilines is 1. The maximum absolute atomic E-state index is 12.3. The maximum Gasteiger partial charge on any atom is 0.330 e. The molecule has 0 aliphatic rings. The minimum Gasteiger partial charge on any atom is -0.302 e. The summed E-state index contributed by atoms with van der Waals surface area (Å²) in [5.74, 6) is 0.202. The zero-order valence-corrected chi connectivity index (χ0v) is 12.6. The first kappa shape index (κ1) is 15.0. The molecule has 0 aromatic carbocycles. The van der Waals surface area contributed by atoms with Gasteiger partial charge in [-0.3, -0.25) is 19.2 Å². The fraction of sp³-hybridized carbons (Fsp3) is 0.364. The Balaban J connectivity index is 2.56. The first-order valence-corrected chi connectivity index (χ1v) is 7.58. The van der Waals surface area contributed by atoms with Gasteiger partial charge in [-0.1, -0.05) is 6.92 Å². The van der Waals surface area contributed by atoms with Gasteiger partial charge < -0.3 is 4.57 Å². The topological polar surface area (TPSA) is 119 Å². The fourth-order valence-electron chi connectivity index (χ4n) is 1.82. The van der Waals surface area contributed by atoms with Crippen molar-refractivity contribution in [3.63, 3.8) is 0 Å². The number of sulfonamides is 1. The molecule has 0 saturated heterocycles. The molecule has 2 aromatic heterocycles. The van der Waals surface area contributed by atoms with Crippen molar-refractivity contribution in [2.75, 3.05) is 4.72 Å². The average molecular weight is 313 g/mol. The molecule has 114 valence electrons. The second kappa shape index (κ2) is 5.20. The Bertz CT molecular complexity index is 890. The highest BCUT2D eigenvalue weighted by Gasteiger charge is 2.23. The summed E-state index contributed by atoms with van der Waals surface area (Å²) in [6.07, 6.45) is 3.06. The normalized spacial score (nSPS) is 11.6. The van der Waals surface area contributed by atoms with Crippen LogP contribution in [0.2, 0.25) is 0 Å². The number of aryl methyl sites for hydroxylation is 2. The van der Waals surface area contributed by atoms with Gasteiger partial charge in [-0.05, 0) is 6.42 Å². The van der Waals surface area contributed by atoms with E-state index in [-0.39, 0.29) is 5.82 Å². The van der Waals surface area contributed by atoms with Crippen molar-refractivity contribution in [1.29, 1.82) is 0 Å². The minimum absolute atomic E-state index is 0.202. The van der Waals surface area contributed by atoms with Crippen molar-refractivity contribution < 1.29 is 8.42 Å². The predicted octanol–water partition coefficient (Wildman–Crippen LogP) is -0.830. The highest BCUT2D eigenvalue weighted by Crippen LogP contribution is 2.15. The van der Waals surface area contributed by atoms with Gasteiger partial charge in [-0.2, -0.15) is 5.10 Å². The molecule has 0 aliphatic carbocycles. The summed E-state index contributed by atoms with van der Waals surface area (Å²) >= 11 is 0. The second-order valence-electron chi connectivity index (χ2n) is 4.48. The van der Waals surface area contributed by atoms with Gasteiger partial charge in [0.05, 0.1) is 6.20 Å². The second-order valence-corrected chi connectivity index (χ2v) is 6.13. The van der Waals surface area contributed by atoms with E-state index in [0.29, 0.717) is 12.0 Å². The molecule has 0 bridgehead atoms. The third-order valence-electron chi connectivity index (χ3n) is 3.04. The van der Waals surface area contributed by atoms with E-state index in [9.17, 15) is 18.0 Å². The van der Waals surface area contributed by atoms with Crippen LogP contribution in [0.25, 0.3) is 0 Å². The number of hydrogen-bond donors (Lipinski definition) is 2. The zero-order valence-electron chi connectivity index (χ0n) is 11.7. The van der Waals surface area contributed by atoms with Crippen LogP contribution in [0.15, 0.2) is 26.9 Å². The lowest BCUT2D eigenvalue weighted by molar-refractivity contribution is 0.589. The molecule has 0 saturated carbocycles. The van der Waals surface area contributed by atoms with Crippen molar-refractivity contribution >= 4 is 15.8 Å². The standard InChI is InChI=1S/C11H15N5O4S/c1-4-7-5-12-13-9(7)14-21(19,20)8-6-15(2)11(18)16(3)10(8)17/h5-6H,4H2,1-3H3,(H2,12,13,14). The summed E-state index contributed by atoms with van der Waals surface area (Å²) in [7, 11) is -1.53. The van der Waals surface area contributed by atoms with Gasteiger partial charge in [0.25, 0.3) is 15.6 Å². The summed E-state index contributed by atoms with van der Waals surface area (Å²) in [6.45, 7) is 1.84. The number of hydrogen-bond acceptors (Lipinski definition) is 5. The molecule has 21 heavy (non-hydrogen) atoms. The molecule has 0 spiro atoms. The van der Waals surface area contributed by atoms with Crippen LogP contribution < -0.4 is 16.0 Å². The number of H-pyrrole nitrogens is 1. The highest BCUT2D eigenvalue weighted by atomic mass is 32.2. The van der Waals surface area contributed by atoms with Crippen molar-refractivity contribution in [2.24, 2.45) is 14.1 Å². The number of rotatable bonds is 4. The molecule has 0 unspecified atom stereocenters. The zero-order chi connectivity index (χ0) is 15.8. The molecule has 0 amide bonds. The number of nitrogens with zero attached hydrogens (tertiary/aromatic N) is 3. The lowest BCUT2D eigenvalue weighted by atomic mass is 10.3. The van der Waals surface area contributed by atoms with E-state index in [1.165, 1.54) is 20.3 Å². The van der Waals surface area contributed by atoms with E-state index in [0.717, 1.165) is 15.3 Å². The van der Waals surface area contributed by atoms with Gasteiger partial charge in [0, 0.05) is 25.9 Å². The maximum atomic E-state index is 12.3. The van der Waals surface area contributed by atoms with Gasteiger partial charge in [0.15, 0.2) is 4.90 Å². The van der Waals surface area contributed by atoms with Crippen molar-refractivity contribution in [1.82, 2.24) is 19.3 Å². The number of aromatic nitrogens is 4. The molecule has 2 heterocycles. The summed E-state index contributed by atoms with van der Waals surface area (Å²) in [6, 6.07) is 0. The van der Waals surface area contributed by atoms with Crippen LogP contribution >= 0.6 is 0 Å². The summed E-state index contributed by atoms with van der Waals surface area (Å²) in [4.78, 5) is 23.0. The van der Waals surface area contributed by atoms with Crippen molar-refractivity contribution in [2.45, 2.75) is 18.2 Å². The van der Waals surface area contributed by atoms with Gasteiger partial charge in [-0.15, -0.1) is 0 Å². The Morgan fingerprint density at radius 3 is 2.62 bits per heavy atom. The van der Waals surface area contributed by atoms with Crippen molar-refractivity contribution in [3.05, 3.63) is 38.8 Å². The molecule has 0 radical (unpaired) electrons. The van der Waals surface area contributed by atoms with Crippen LogP contribution in [-0.4, -0.2) is 27.7 Å². The molecule has 2 rings (SSSR count). The first-order chi connectivity index (χ1) is 9.77. The fourth-order valence-corrected chi connectivity index (χ4v) is 3.04. The molecule has 0 atom stereocenters. The van der Waals surface area contributed by atoms with E-state index >= 15 is 0 Å². The summed E-state index contributed by atoms with van der Waals surface area (Å²) in [5.41, 5.74) is -0.821. The van der Waals surface area contributed by atoms with Crippen LogP contribution in [0.4, 0.5) is 5.82 Å². The summed E-state index contributed by atoms with van der Waals surface area (Å²) < 4.78 is 28.7. The number of nitrogens with one attached hydrogen (secondary N) is 2. The lowest BCUT2D eigenvalue weighted by Crippen LogP contribution is -2.40. The monoisotopic (exact) mass is 313 g/mol. The average Bonchev–Trinajstić information content (AvgIpc) is 2.86. The van der Waals surface area contributed by atoms with Crippen LogP contribution in [0.3, 0.4) is 0 Å². The third-order valence-corrected chi connectivity index (χ3v) is 4.37. The molecule has 10 heteroatoms. The van der Waals surface area contributed by atoms with E-state index in [1.807, 2.05) is 6.92 Å². The van der Waals surface area contributed by atoms with Crippen LogP contribution in [0.5, 0.6) is 0 Å². The molecule has 2 N–H and O–H groups in total. The smallest absolute Gasteiger partial charge is 0.302 e. The lowest BCUT2D eigenvalue weighted by Gasteiger charge is -2.09. The largest absolute Gasteiger partial charge is 0.330 e. The van der Waals surface area contributed by atoms with Crippen LogP contribution in [0, 0.1) is 0 Å². The predicted molar refractivity (Wildman–Crippen MR) is 75.7 cm³/mol. The third kappa shape index (κ3) is 2.61. The van der Waals surface area contributed by atoms with Crippen LogP contribution in [-0.2, 0) is 30.5 Å². The van der Waals surface area contributed by atoms with Gasteiger partial charge >= 0.3 is 5.69 Å². The Morgan fingerprint density at radius 1 is 1.33 bits per heavy atom. The molecular weight excluding hydrogens is 298 g/mol. The Morgan fingerprint density at radius 2 is 2.00 bits per heavy atom. The Labute approximate surface area is 120 Å². The van der Waals surface area contributed by atoms with Gasteiger partial charge in [-0.25, -0.2) is 13.2 Å². The Kier molecular flexibility index (Phi) is 3.73. The summed E-state index contributed by atoms with van der Waals surface area (Å²) in [5, 5.41) is 6.28. The highest BCUT2D eigenvalue weighted by molar-refractivity contribution is 7.92. The van der Waals surface area contributed by atoms with E-state index < -0.39 is 26.2 Å². The van der Waals surface area contributed by atoms with E-state index in [1.54, 1.807) is 0 Å².